The maximum Gasteiger partial charge on any atom is 0.227 e. The molecule has 1 aromatic carbocycles. The molecule has 0 amide bonds. The molecule has 0 bridgehead atoms. The molecule has 0 spiro atoms. The standard InChI is InChI=1S/C13H13ClN4O/c1-19-11-3-9(14)2-10(4-11)17-13-16-6-8-5-15-7-12(8)18-13/h2-4,6,15H,5,7H2,1H3,(H,16,17,18). The number of hydrogen-bond acceptors (Lipinski definition) is 5. The maximum atomic E-state index is 6.02. The molecule has 2 heterocycles. The lowest BCUT2D eigenvalue weighted by Gasteiger charge is -2.08. The van der Waals surface area contributed by atoms with Crippen molar-refractivity contribution < 1.29 is 4.74 Å². The van der Waals surface area contributed by atoms with Gasteiger partial charge >= 0.3 is 0 Å². The first-order valence-corrected chi connectivity index (χ1v) is 6.29. The molecule has 19 heavy (non-hydrogen) atoms. The van der Waals surface area contributed by atoms with E-state index in [4.69, 9.17) is 16.3 Å². The number of rotatable bonds is 3. The van der Waals surface area contributed by atoms with Crippen LogP contribution in [0.4, 0.5) is 11.6 Å². The molecule has 0 unspecified atom stereocenters. The van der Waals surface area contributed by atoms with E-state index in [1.165, 1.54) is 0 Å². The normalized spacial score (nSPS) is 13.2. The topological polar surface area (TPSA) is 59.1 Å². The third kappa shape index (κ3) is 2.62. The van der Waals surface area contributed by atoms with Gasteiger partial charge in [0.25, 0.3) is 0 Å². The molecule has 0 saturated carbocycles. The molecule has 0 fully saturated rings. The lowest BCUT2D eigenvalue weighted by atomic mass is 10.3. The number of hydrogen-bond donors (Lipinski definition) is 2. The fraction of sp³-hybridized carbons (Fsp3) is 0.231. The van der Waals surface area contributed by atoms with Crippen LogP contribution in [0.15, 0.2) is 24.4 Å². The number of aromatic nitrogens is 2. The van der Waals surface area contributed by atoms with Gasteiger partial charge in [0.15, 0.2) is 0 Å². The number of benzene rings is 1. The molecule has 0 saturated heterocycles. The van der Waals surface area contributed by atoms with Gasteiger partial charge in [0.05, 0.1) is 12.8 Å². The van der Waals surface area contributed by atoms with Gasteiger partial charge in [0.2, 0.25) is 5.95 Å². The first-order valence-electron chi connectivity index (χ1n) is 5.92. The van der Waals surface area contributed by atoms with Crippen LogP contribution in [-0.2, 0) is 13.1 Å². The van der Waals surface area contributed by atoms with E-state index in [-0.39, 0.29) is 0 Å². The third-order valence-corrected chi connectivity index (χ3v) is 3.14. The molecule has 0 radical (unpaired) electrons. The SMILES string of the molecule is COc1cc(Cl)cc(Nc2ncc3c(n2)CNC3)c1. The van der Waals surface area contributed by atoms with Gasteiger partial charge in [-0.15, -0.1) is 0 Å². The highest BCUT2D eigenvalue weighted by molar-refractivity contribution is 6.31. The average Bonchev–Trinajstić information content (AvgIpc) is 2.85. The monoisotopic (exact) mass is 276 g/mol. The van der Waals surface area contributed by atoms with Crippen LogP contribution in [0, 0.1) is 0 Å². The zero-order chi connectivity index (χ0) is 13.2. The van der Waals surface area contributed by atoms with E-state index in [2.05, 4.69) is 20.6 Å². The Bertz CT molecular complexity index is 618. The molecule has 0 aliphatic carbocycles. The van der Waals surface area contributed by atoms with Crippen LogP contribution in [-0.4, -0.2) is 17.1 Å². The number of nitrogens with zero attached hydrogens (tertiary/aromatic N) is 2. The van der Waals surface area contributed by atoms with E-state index in [1.54, 1.807) is 19.2 Å². The Labute approximate surface area is 116 Å². The molecule has 1 aliphatic rings. The lowest BCUT2D eigenvalue weighted by Crippen LogP contribution is -2.01. The highest BCUT2D eigenvalue weighted by Gasteiger charge is 2.13. The maximum absolute atomic E-state index is 6.02. The van der Waals surface area contributed by atoms with E-state index in [1.807, 2.05) is 12.3 Å². The summed E-state index contributed by atoms with van der Waals surface area (Å²) in [5, 5.41) is 6.97. The second kappa shape index (κ2) is 5.03. The van der Waals surface area contributed by atoms with Crippen LogP contribution in [0.2, 0.25) is 5.02 Å². The second-order valence-corrected chi connectivity index (χ2v) is 4.71. The minimum Gasteiger partial charge on any atom is -0.497 e. The molecule has 5 nitrogen and oxygen atoms in total. The molecule has 1 aromatic heterocycles. The molecule has 0 atom stereocenters. The van der Waals surface area contributed by atoms with Crippen LogP contribution in [0.25, 0.3) is 0 Å². The summed E-state index contributed by atoms with van der Waals surface area (Å²) in [6.07, 6.45) is 1.84. The fourth-order valence-electron chi connectivity index (χ4n) is 2.00. The van der Waals surface area contributed by atoms with Crippen molar-refractivity contribution >= 4 is 23.2 Å². The Morgan fingerprint density at radius 3 is 3.05 bits per heavy atom. The Morgan fingerprint density at radius 2 is 2.21 bits per heavy atom. The van der Waals surface area contributed by atoms with Crippen LogP contribution >= 0.6 is 11.6 Å². The summed E-state index contributed by atoms with van der Waals surface area (Å²) in [5.74, 6) is 1.25. The van der Waals surface area contributed by atoms with Crippen LogP contribution in [0.3, 0.4) is 0 Å². The summed E-state index contributed by atoms with van der Waals surface area (Å²) in [6.45, 7) is 1.62. The zero-order valence-electron chi connectivity index (χ0n) is 10.4. The largest absolute Gasteiger partial charge is 0.497 e. The molecule has 2 aromatic rings. The van der Waals surface area contributed by atoms with Gasteiger partial charge in [-0.25, -0.2) is 9.97 Å². The van der Waals surface area contributed by atoms with Crippen molar-refractivity contribution in [1.82, 2.24) is 15.3 Å². The number of nitrogens with one attached hydrogen (secondary N) is 2. The Balaban J connectivity index is 1.86. The van der Waals surface area contributed by atoms with Gasteiger partial charge in [-0.1, -0.05) is 11.6 Å². The Hall–Kier alpha value is -1.85. The molecule has 1 aliphatic heterocycles. The van der Waals surface area contributed by atoms with Crippen LogP contribution in [0.5, 0.6) is 5.75 Å². The minimum atomic E-state index is 0.562. The van der Waals surface area contributed by atoms with Gasteiger partial charge in [0, 0.05) is 41.6 Å². The zero-order valence-corrected chi connectivity index (χ0v) is 11.2. The van der Waals surface area contributed by atoms with Gasteiger partial charge < -0.3 is 15.4 Å². The number of methoxy groups -OCH3 is 1. The van der Waals surface area contributed by atoms with Gasteiger partial charge in [0.1, 0.15) is 5.75 Å². The van der Waals surface area contributed by atoms with Crippen molar-refractivity contribution in [2.24, 2.45) is 0 Å². The summed E-state index contributed by atoms with van der Waals surface area (Å²) in [6, 6.07) is 5.40. The van der Waals surface area contributed by atoms with E-state index in [0.29, 0.717) is 16.7 Å². The van der Waals surface area contributed by atoms with Crippen LogP contribution < -0.4 is 15.4 Å². The average molecular weight is 277 g/mol. The summed E-state index contributed by atoms with van der Waals surface area (Å²) < 4.78 is 5.17. The number of halogens is 1. The predicted molar refractivity (Wildman–Crippen MR) is 73.9 cm³/mol. The molecular weight excluding hydrogens is 264 g/mol. The summed E-state index contributed by atoms with van der Waals surface area (Å²) in [7, 11) is 1.60. The predicted octanol–water partition coefficient (Wildman–Crippen LogP) is 2.49. The number of fused-ring (bicyclic) bond motifs is 1. The number of ether oxygens (including phenoxy) is 1. The summed E-state index contributed by atoms with van der Waals surface area (Å²) >= 11 is 6.02. The van der Waals surface area contributed by atoms with Gasteiger partial charge in [-0.05, 0) is 12.1 Å². The van der Waals surface area contributed by atoms with Crippen molar-refractivity contribution in [2.75, 3.05) is 12.4 Å². The van der Waals surface area contributed by atoms with Crippen molar-refractivity contribution in [3.05, 3.63) is 40.7 Å². The second-order valence-electron chi connectivity index (χ2n) is 4.27. The highest BCUT2D eigenvalue weighted by Crippen LogP contribution is 2.26. The molecular formula is C13H13ClN4O. The fourth-order valence-corrected chi connectivity index (χ4v) is 2.23. The van der Waals surface area contributed by atoms with Crippen molar-refractivity contribution in [1.29, 1.82) is 0 Å². The lowest BCUT2D eigenvalue weighted by molar-refractivity contribution is 0.415. The smallest absolute Gasteiger partial charge is 0.227 e. The molecule has 3 rings (SSSR count). The first-order chi connectivity index (χ1) is 9.24. The van der Waals surface area contributed by atoms with E-state index >= 15 is 0 Å². The highest BCUT2D eigenvalue weighted by atomic mass is 35.5. The van der Waals surface area contributed by atoms with E-state index in [0.717, 1.165) is 30.0 Å². The van der Waals surface area contributed by atoms with Gasteiger partial charge in [-0.2, -0.15) is 0 Å². The molecule has 6 heteroatoms. The minimum absolute atomic E-state index is 0.562. The summed E-state index contributed by atoms with van der Waals surface area (Å²) in [4.78, 5) is 8.75. The molecule has 2 N–H and O–H groups in total. The van der Waals surface area contributed by atoms with Crippen LogP contribution in [0.1, 0.15) is 11.3 Å². The van der Waals surface area contributed by atoms with E-state index in [9.17, 15) is 0 Å². The Morgan fingerprint density at radius 1 is 1.32 bits per heavy atom. The van der Waals surface area contributed by atoms with Crippen molar-refractivity contribution in [2.45, 2.75) is 13.1 Å². The molecule has 98 valence electrons. The first kappa shape index (κ1) is 12.2. The van der Waals surface area contributed by atoms with Gasteiger partial charge in [-0.3, -0.25) is 0 Å². The van der Waals surface area contributed by atoms with Crippen molar-refractivity contribution in [3.8, 4) is 5.75 Å². The van der Waals surface area contributed by atoms with E-state index < -0.39 is 0 Å². The summed E-state index contributed by atoms with van der Waals surface area (Å²) in [5.41, 5.74) is 2.98. The number of anilines is 2. The Kier molecular flexibility index (Phi) is 3.23. The third-order valence-electron chi connectivity index (χ3n) is 2.93. The van der Waals surface area contributed by atoms with Crippen molar-refractivity contribution in [3.63, 3.8) is 0 Å². The quantitative estimate of drug-likeness (QED) is 0.902.